The summed E-state index contributed by atoms with van der Waals surface area (Å²) in [5.41, 5.74) is 0.0374. The maximum atomic E-state index is 11.3. The fourth-order valence-electron chi connectivity index (χ4n) is 2.89. The maximum absolute atomic E-state index is 11.3. The molecule has 2 bridgehead atoms. The molecule has 74 valence electrons. The van der Waals surface area contributed by atoms with Crippen LogP contribution in [0.15, 0.2) is 0 Å². The lowest BCUT2D eigenvalue weighted by molar-refractivity contribution is -0.132. The Morgan fingerprint density at radius 3 is 2.85 bits per heavy atom. The van der Waals surface area contributed by atoms with Gasteiger partial charge in [0.05, 0.1) is 6.10 Å². The Kier molecular flexibility index (Phi) is 1.88. The van der Waals surface area contributed by atoms with E-state index in [9.17, 15) is 9.90 Å². The van der Waals surface area contributed by atoms with Crippen molar-refractivity contribution in [3.63, 3.8) is 0 Å². The molecule has 2 fully saturated rings. The van der Waals surface area contributed by atoms with E-state index in [1.807, 2.05) is 4.90 Å². The molecule has 0 spiro atoms. The molecular formula is C10H17NO2. The molecule has 1 heterocycles. The van der Waals surface area contributed by atoms with E-state index in [-0.39, 0.29) is 17.6 Å². The van der Waals surface area contributed by atoms with Crippen molar-refractivity contribution in [3.05, 3.63) is 0 Å². The highest BCUT2D eigenvalue weighted by molar-refractivity contribution is 5.74. The molecule has 3 heteroatoms. The van der Waals surface area contributed by atoms with E-state index in [4.69, 9.17) is 0 Å². The number of likely N-dealkylation sites (tertiary alicyclic amines) is 1. The van der Waals surface area contributed by atoms with Crippen molar-refractivity contribution in [3.8, 4) is 0 Å². The number of hydrogen-bond acceptors (Lipinski definition) is 2. The van der Waals surface area contributed by atoms with Crippen molar-refractivity contribution in [1.29, 1.82) is 0 Å². The van der Waals surface area contributed by atoms with Crippen molar-refractivity contribution >= 4 is 5.91 Å². The number of carbonyl (C=O) groups is 1. The first kappa shape index (κ1) is 9.00. The minimum absolute atomic E-state index is 0.0374. The molecule has 1 N–H and O–H groups in total. The van der Waals surface area contributed by atoms with Crippen LogP contribution >= 0.6 is 0 Å². The zero-order valence-corrected chi connectivity index (χ0v) is 8.29. The minimum atomic E-state index is -0.183. The highest BCUT2D eigenvalue weighted by atomic mass is 16.3. The zero-order valence-electron chi connectivity index (χ0n) is 8.29. The predicted molar refractivity (Wildman–Crippen MR) is 49.1 cm³/mol. The molecular weight excluding hydrogens is 166 g/mol. The average Bonchev–Trinajstić information content (AvgIpc) is 2.34. The third kappa shape index (κ3) is 1.26. The van der Waals surface area contributed by atoms with Gasteiger partial charge in [-0.1, -0.05) is 0 Å². The fraction of sp³-hybridized carbons (Fsp3) is 0.900. The second-order valence-corrected chi connectivity index (χ2v) is 4.70. The molecule has 1 aliphatic carbocycles. The van der Waals surface area contributed by atoms with Crippen LogP contribution in [-0.2, 0) is 4.79 Å². The molecule has 1 aliphatic heterocycles. The van der Waals surface area contributed by atoms with Gasteiger partial charge in [-0.15, -0.1) is 0 Å². The van der Waals surface area contributed by atoms with Crippen LogP contribution in [0, 0.1) is 5.92 Å². The van der Waals surface area contributed by atoms with Gasteiger partial charge in [-0.05, 0) is 26.2 Å². The first-order valence-electron chi connectivity index (χ1n) is 4.99. The van der Waals surface area contributed by atoms with E-state index < -0.39 is 0 Å². The molecule has 0 unspecified atom stereocenters. The Hall–Kier alpha value is -0.570. The number of aliphatic hydroxyl groups excluding tert-OH is 1. The third-order valence-electron chi connectivity index (χ3n) is 3.67. The molecule has 2 aliphatic rings. The van der Waals surface area contributed by atoms with Crippen LogP contribution in [0.2, 0.25) is 0 Å². The van der Waals surface area contributed by atoms with Crippen molar-refractivity contribution in [1.82, 2.24) is 4.90 Å². The van der Waals surface area contributed by atoms with Gasteiger partial charge < -0.3 is 10.0 Å². The van der Waals surface area contributed by atoms with Crippen molar-refractivity contribution in [2.75, 3.05) is 6.54 Å². The summed E-state index contributed by atoms with van der Waals surface area (Å²) < 4.78 is 0. The fourth-order valence-corrected chi connectivity index (χ4v) is 2.89. The van der Waals surface area contributed by atoms with E-state index in [2.05, 4.69) is 6.92 Å². The van der Waals surface area contributed by atoms with Gasteiger partial charge in [-0.2, -0.15) is 0 Å². The summed E-state index contributed by atoms with van der Waals surface area (Å²) in [6, 6.07) is 0. The van der Waals surface area contributed by atoms with Gasteiger partial charge in [0.15, 0.2) is 0 Å². The smallest absolute Gasteiger partial charge is 0.219 e. The van der Waals surface area contributed by atoms with E-state index in [1.54, 1.807) is 6.92 Å². The van der Waals surface area contributed by atoms with E-state index in [0.717, 1.165) is 25.8 Å². The Balaban J connectivity index is 2.22. The first-order valence-corrected chi connectivity index (χ1v) is 4.99. The number of carbonyl (C=O) groups excluding carboxylic acids is 1. The van der Waals surface area contributed by atoms with Gasteiger partial charge >= 0.3 is 0 Å². The number of amides is 1. The van der Waals surface area contributed by atoms with Gasteiger partial charge in [0.2, 0.25) is 5.91 Å². The van der Waals surface area contributed by atoms with Crippen LogP contribution in [0.25, 0.3) is 0 Å². The molecule has 1 saturated heterocycles. The van der Waals surface area contributed by atoms with Crippen LogP contribution < -0.4 is 0 Å². The van der Waals surface area contributed by atoms with Crippen LogP contribution in [-0.4, -0.2) is 34.1 Å². The van der Waals surface area contributed by atoms with Crippen LogP contribution in [0.1, 0.15) is 33.1 Å². The highest BCUT2D eigenvalue weighted by Gasteiger charge is 2.48. The Morgan fingerprint density at radius 1 is 1.62 bits per heavy atom. The Labute approximate surface area is 78.7 Å². The second-order valence-electron chi connectivity index (χ2n) is 4.70. The summed E-state index contributed by atoms with van der Waals surface area (Å²) in [4.78, 5) is 13.3. The zero-order chi connectivity index (χ0) is 9.64. The van der Waals surface area contributed by atoms with Crippen molar-refractivity contribution < 1.29 is 9.90 Å². The predicted octanol–water partition coefficient (Wildman–Crippen LogP) is 0.768. The Morgan fingerprint density at radius 2 is 2.31 bits per heavy atom. The number of aliphatic hydroxyl groups is 1. The van der Waals surface area contributed by atoms with Crippen LogP contribution in [0.3, 0.4) is 0 Å². The normalized spacial score (nSPS) is 43.8. The van der Waals surface area contributed by atoms with E-state index in [1.165, 1.54) is 0 Å². The third-order valence-corrected chi connectivity index (χ3v) is 3.67. The molecule has 3 nitrogen and oxygen atoms in total. The number of rotatable bonds is 0. The molecule has 3 atom stereocenters. The van der Waals surface area contributed by atoms with Gasteiger partial charge in [-0.3, -0.25) is 4.79 Å². The molecule has 0 aromatic heterocycles. The largest absolute Gasteiger partial charge is 0.393 e. The summed E-state index contributed by atoms with van der Waals surface area (Å²) >= 11 is 0. The van der Waals surface area contributed by atoms with Crippen LogP contribution in [0.4, 0.5) is 0 Å². The molecule has 0 aromatic carbocycles. The van der Waals surface area contributed by atoms with Gasteiger partial charge in [0, 0.05) is 24.9 Å². The summed E-state index contributed by atoms with van der Waals surface area (Å²) in [5, 5.41) is 9.67. The van der Waals surface area contributed by atoms with Gasteiger partial charge in [0.25, 0.3) is 0 Å². The minimum Gasteiger partial charge on any atom is -0.393 e. The lowest BCUT2D eigenvalue weighted by Gasteiger charge is -2.36. The average molecular weight is 183 g/mol. The molecule has 0 radical (unpaired) electrons. The summed E-state index contributed by atoms with van der Waals surface area (Å²) in [7, 11) is 0. The monoisotopic (exact) mass is 183 g/mol. The SMILES string of the molecule is CC(=O)N1C[C@H]2C[C@@]1(C)CC[C@@H]2O. The number of fused-ring (bicyclic) bond motifs is 2. The van der Waals surface area contributed by atoms with Crippen molar-refractivity contribution in [2.45, 2.75) is 44.8 Å². The molecule has 2 rings (SSSR count). The number of nitrogens with zero attached hydrogens (tertiary/aromatic N) is 1. The summed E-state index contributed by atoms with van der Waals surface area (Å²) in [6.45, 7) is 4.52. The maximum Gasteiger partial charge on any atom is 0.219 e. The van der Waals surface area contributed by atoms with E-state index in [0.29, 0.717) is 5.92 Å². The first-order chi connectivity index (χ1) is 6.03. The van der Waals surface area contributed by atoms with Gasteiger partial charge in [-0.25, -0.2) is 0 Å². The topological polar surface area (TPSA) is 40.5 Å². The van der Waals surface area contributed by atoms with Crippen LogP contribution in [0.5, 0.6) is 0 Å². The second kappa shape index (κ2) is 2.71. The lowest BCUT2D eigenvalue weighted by Crippen LogP contribution is -2.44. The molecule has 1 saturated carbocycles. The summed E-state index contributed by atoms with van der Waals surface area (Å²) in [5.74, 6) is 0.474. The lowest BCUT2D eigenvalue weighted by atomic mass is 9.79. The summed E-state index contributed by atoms with van der Waals surface area (Å²) in [6.07, 6.45) is 2.60. The standard InChI is InChI=1S/C10H17NO2/c1-7(12)11-6-8-5-10(11,2)4-3-9(8)13/h8-9,13H,3-6H2,1-2H3/t8-,9+,10-/m1/s1. The van der Waals surface area contributed by atoms with Gasteiger partial charge in [0.1, 0.15) is 0 Å². The van der Waals surface area contributed by atoms with E-state index >= 15 is 0 Å². The molecule has 0 aromatic rings. The molecule has 1 amide bonds. The quantitative estimate of drug-likeness (QED) is 0.602. The highest BCUT2D eigenvalue weighted by Crippen LogP contribution is 2.43. The van der Waals surface area contributed by atoms with Crippen molar-refractivity contribution in [2.24, 2.45) is 5.92 Å². The Bertz CT molecular complexity index is 241. The molecule has 13 heavy (non-hydrogen) atoms. The number of hydrogen-bond donors (Lipinski definition) is 1.